The molecule has 240 valence electrons. The average Bonchev–Trinajstić information content (AvgIpc) is 3.92. The molecule has 0 saturated carbocycles. The molecule has 9 nitrogen and oxygen atoms in total. The first-order valence-corrected chi connectivity index (χ1v) is 15.6. The van der Waals surface area contributed by atoms with Gasteiger partial charge in [-0.2, -0.15) is 0 Å². The third-order valence-electron chi connectivity index (χ3n) is 8.36. The van der Waals surface area contributed by atoms with Crippen LogP contribution in [0.4, 0.5) is 0 Å². The van der Waals surface area contributed by atoms with Crippen LogP contribution in [0.2, 0.25) is 20.1 Å². The Balaban J connectivity index is 0.000000167. The summed E-state index contributed by atoms with van der Waals surface area (Å²) in [6.07, 6.45) is -4.14. The number of epoxide rings is 2. The number of benzene rings is 3. The number of hydrogen-bond donors (Lipinski definition) is 2. The van der Waals surface area contributed by atoms with Gasteiger partial charge in [-0.25, -0.2) is 4.79 Å². The summed E-state index contributed by atoms with van der Waals surface area (Å²) in [6, 6.07) is 18.8. The van der Waals surface area contributed by atoms with Crippen molar-refractivity contribution in [3.05, 3.63) is 104 Å². The second-order valence-electron chi connectivity index (χ2n) is 11.6. The summed E-state index contributed by atoms with van der Waals surface area (Å²) in [5.74, 6) is -0.525. The predicted octanol–water partition coefficient (Wildman–Crippen LogP) is 6.32. The molecule has 3 aromatic rings. The SMILES string of the molecule is CO[C@H](c1ccc(Cl)c(Cl)c1)[C@H]1O[C@@H]2O[C@@H]2[C@]1(C)O.C[C@@]1(O)[C@@H]([C@H](OC(=O)c2ccccc2)c2ccc(Cl)c(Cl)c2)O[C@@H]2O[C@@H]21. The van der Waals surface area contributed by atoms with E-state index in [1.54, 1.807) is 75.6 Å². The maximum Gasteiger partial charge on any atom is 0.338 e. The van der Waals surface area contributed by atoms with E-state index in [1.807, 2.05) is 12.1 Å². The Bertz CT molecular complexity index is 1570. The van der Waals surface area contributed by atoms with Crippen LogP contribution in [0.1, 0.15) is 47.5 Å². The van der Waals surface area contributed by atoms with E-state index in [-0.39, 0.29) is 12.4 Å². The number of methoxy groups -OCH3 is 1. The first-order chi connectivity index (χ1) is 21.3. The van der Waals surface area contributed by atoms with Gasteiger partial charge in [0.25, 0.3) is 0 Å². The van der Waals surface area contributed by atoms with E-state index < -0.39 is 54.0 Å². The average molecular weight is 700 g/mol. The molecule has 45 heavy (non-hydrogen) atoms. The minimum atomic E-state index is -1.31. The lowest BCUT2D eigenvalue weighted by atomic mass is 9.90. The van der Waals surface area contributed by atoms with E-state index >= 15 is 0 Å². The molecule has 4 aliphatic rings. The van der Waals surface area contributed by atoms with E-state index in [4.69, 9.17) is 74.8 Å². The molecule has 4 heterocycles. The molecule has 7 rings (SSSR count). The summed E-state index contributed by atoms with van der Waals surface area (Å²) < 4.78 is 33.1. The fourth-order valence-electron chi connectivity index (χ4n) is 5.75. The molecule has 13 heteroatoms. The van der Waals surface area contributed by atoms with Crippen molar-refractivity contribution in [2.45, 2.75) is 74.3 Å². The van der Waals surface area contributed by atoms with Gasteiger partial charge < -0.3 is 38.6 Å². The highest BCUT2D eigenvalue weighted by molar-refractivity contribution is 6.42. The van der Waals surface area contributed by atoms with Crippen LogP contribution < -0.4 is 0 Å². The number of ether oxygens (including phenoxy) is 6. The zero-order valence-corrected chi connectivity index (χ0v) is 27.3. The van der Waals surface area contributed by atoms with Crippen LogP contribution in [-0.4, -0.2) is 71.5 Å². The largest absolute Gasteiger partial charge is 0.451 e. The van der Waals surface area contributed by atoms with Crippen molar-refractivity contribution in [2.24, 2.45) is 0 Å². The van der Waals surface area contributed by atoms with Crippen LogP contribution in [0.15, 0.2) is 66.7 Å². The van der Waals surface area contributed by atoms with Gasteiger partial charge in [-0.1, -0.05) is 76.7 Å². The van der Waals surface area contributed by atoms with Crippen molar-refractivity contribution in [3.63, 3.8) is 0 Å². The molecule has 0 bridgehead atoms. The second kappa shape index (κ2) is 12.6. The third kappa shape index (κ3) is 6.46. The van der Waals surface area contributed by atoms with Crippen LogP contribution in [-0.2, 0) is 28.4 Å². The summed E-state index contributed by atoms with van der Waals surface area (Å²) in [5.41, 5.74) is -0.606. The number of halogens is 4. The first-order valence-electron chi connectivity index (χ1n) is 14.1. The molecule has 4 saturated heterocycles. The summed E-state index contributed by atoms with van der Waals surface area (Å²) >= 11 is 24.0. The third-order valence-corrected chi connectivity index (χ3v) is 9.84. The smallest absolute Gasteiger partial charge is 0.338 e. The maximum atomic E-state index is 12.6. The molecular weight excluding hydrogens is 670 g/mol. The number of rotatable bonds is 7. The van der Waals surface area contributed by atoms with Crippen molar-refractivity contribution >= 4 is 52.4 Å². The van der Waals surface area contributed by atoms with Gasteiger partial charge in [0.1, 0.15) is 41.7 Å². The minimum Gasteiger partial charge on any atom is -0.451 e. The lowest BCUT2D eigenvalue weighted by molar-refractivity contribution is -0.166. The standard InChI is InChI=1S/C19H16Cl2O5.C13H14Cl2O4/c1-19(23)15(25-18-16(19)26-18)14(11-7-8-12(20)13(21)9-11)24-17(22)10-5-3-2-4-6-10;1-13(16)10(18-12-11(13)19-12)9(17-2)6-3-4-7(14)8(15)5-6/h2-9,14-16,18,23H,1H3;3-5,9-12,16H,1-2H3/t14-,15-,16+,18-,19-;9-,10-,11+,12-,13-/m11/s1. The van der Waals surface area contributed by atoms with Crippen LogP contribution in [0.25, 0.3) is 0 Å². The topological polar surface area (TPSA) is 120 Å². The molecule has 0 radical (unpaired) electrons. The fraction of sp³-hybridized carbons (Fsp3) is 0.406. The molecule has 0 aromatic heterocycles. The van der Waals surface area contributed by atoms with Gasteiger partial charge in [0.15, 0.2) is 18.7 Å². The first kappa shape index (κ1) is 32.9. The van der Waals surface area contributed by atoms with E-state index in [9.17, 15) is 15.0 Å². The Labute approximate surface area is 279 Å². The highest BCUT2D eigenvalue weighted by Crippen LogP contribution is 2.51. The Morgan fingerprint density at radius 3 is 1.60 bits per heavy atom. The highest BCUT2D eigenvalue weighted by Gasteiger charge is 2.67. The Kier molecular flexibility index (Phi) is 9.19. The molecule has 2 N–H and O–H groups in total. The van der Waals surface area contributed by atoms with Gasteiger partial charge in [-0.15, -0.1) is 0 Å². The Morgan fingerprint density at radius 1 is 0.711 bits per heavy atom. The number of esters is 1. The molecule has 4 fully saturated rings. The monoisotopic (exact) mass is 698 g/mol. The zero-order valence-electron chi connectivity index (χ0n) is 24.2. The lowest BCUT2D eigenvalue weighted by Crippen LogP contribution is -2.46. The fourth-order valence-corrected chi connectivity index (χ4v) is 6.36. The summed E-state index contributed by atoms with van der Waals surface area (Å²) in [4.78, 5) is 12.6. The molecule has 10 atom stereocenters. The maximum absolute atomic E-state index is 12.6. The van der Waals surface area contributed by atoms with Gasteiger partial charge in [0.2, 0.25) is 0 Å². The summed E-state index contributed by atoms with van der Waals surface area (Å²) in [5, 5.41) is 22.9. The van der Waals surface area contributed by atoms with Gasteiger partial charge in [0.05, 0.1) is 25.7 Å². The molecule has 0 amide bonds. The van der Waals surface area contributed by atoms with Crippen molar-refractivity contribution in [1.29, 1.82) is 0 Å². The normalized spacial score (nSPS) is 33.7. The zero-order chi connectivity index (χ0) is 32.3. The van der Waals surface area contributed by atoms with Gasteiger partial charge in [-0.05, 0) is 61.4 Å². The Morgan fingerprint density at radius 2 is 1.18 bits per heavy atom. The van der Waals surface area contributed by atoms with Gasteiger partial charge in [-0.3, -0.25) is 0 Å². The van der Waals surface area contributed by atoms with E-state index in [2.05, 4.69) is 0 Å². The molecule has 3 aromatic carbocycles. The summed E-state index contributed by atoms with van der Waals surface area (Å²) in [7, 11) is 1.57. The van der Waals surface area contributed by atoms with Crippen LogP contribution in [0.3, 0.4) is 0 Å². The number of aliphatic hydroxyl groups is 2. The molecule has 4 aliphatic heterocycles. The number of carbonyl (C=O) groups is 1. The van der Waals surface area contributed by atoms with Gasteiger partial charge in [0, 0.05) is 7.11 Å². The van der Waals surface area contributed by atoms with Crippen LogP contribution >= 0.6 is 46.4 Å². The van der Waals surface area contributed by atoms with E-state index in [1.165, 1.54) is 0 Å². The summed E-state index contributed by atoms with van der Waals surface area (Å²) in [6.45, 7) is 3.30. The molecule has 0 spiro atoms. The quantitative estimate of drug-likeness (QED) is 0.216. The van der Waals surface area contributed by atoms with Crippen LogP contribution in [0.5, 0.6) is 0 Å². The van der Waals surface area contributed by atoms with E-state index in [0.717, 1.165) is 5.56 Å². The predicted molar refractivity (Wildman–Crippen MR) is 166 cm³/mol. The van der Waals surface area contributed by atoms with Crippen LogP contribution in [0, 0.1) is 0 Å². The second-order valence-corrected chi connectivity index (χ2v) is 13.2. The van der Waals surface area contributed by atoms with Crippen molar-refractivity contribution < 1.29 is 43.4 Å². The van der Waals surface area contributed by atoms with Crippen molar-refractivity contribution in [3.8, 4) is 0 Å². The van der Waals surface area contributed by atoms with Crippen molar-refractivity contribution in [1.82, 2.24) is 0 Å². The lowest BCUT2D eigenvalue weighted by Gasteiger charge is -2.33. The molecule has 0 unspecified atom stereocenters. The molecule has 0 aliphatic carbocycles. The minimum absolute atomic E-state index is 0.280. The highest BCUT2D eigenvalue weighted by atomic mass is 35.5. The number of hydrogen-bond acceptors (Lipinski definition) is 9. The van der Waals surface area contributed by atoms with Crippen molar-refractivity contribution in [2.75, 3.05) is 7.11 Å². The number of carbonyl (C=O) groups excluding carboxylic acids is 1. The Hall–Kier alpha value is -1.99. The van der Waals surface area contributed by atoms with E-state index in [0.29, 0.717) is 31.2 Å². The number of fused-ring (bicyclic) bond motifs is 2. The molecular formula is C32H30Cl4O9. The van der Waals surface area contributed by atoms with Gasteiger partial charge >= 0.3 is 5.97 Å².